The number of likely N-dealkylation sites (tertiary alicyclic amines) is 1. The van der Waals surface area contributed by atoms with E-state index in [9.17, 15) is 0 Å². The highest BCUT2D eigenvalue weighted by atomic mass is 16.5. The summed E-state index contributed by atoms with van der Waals surface area (Å²) in [5, 5.41) is 4.29. The Morgan fingerprint density at radius 1 is 1.16 bits per heavy atom. The summed E-state index contributed by atoms with van der Waals surface area (Å²) in [5.74, 6) is 1.38. The molecule has 1 aliphatic heterocycles. The van der Waals surface area contributed by atoms with Crippen LogP contribution >= 0.6 is 0 Å². The predicted molar refractivity (Wildman–Crippen MR) is 95.7 cm³/mol. The average molecular weight is 334 g/mol. The van der Waals surface area contributed by atoms with Gasteiger partial charge in [-0.25, -0.2) is 0 Å². The van der Waals surface area contributed by atoms with Crippen molar-refractivity contribution in [2.75, 3.05) is 6.54 Å². The Balaban J connectivity index is 1.57. The van der Waals surface area contributed by atoms with Crippen molar-refractivity contribution in [3.8, 4) is 11.5 Å². The molecule has 3 heterocycles. The van der Waals surface area contributed by atoms with Crippen LogP contribution in [0.3, 0.4) is 0 Å². The Kier molecular flexibility index (Phi) is 4.57. The molecule has 0 spiro atoms. The van der Waals surface area contributed by atoms with Crippen LogP contribution in [-0.4, -0.2) is 26.6 Å². The smallest absolute Gasteiger partial charge is 0.257 e. The zero-order chi connectivity index (χ0) is 17.1. The molecule has 0 bridgehead atoms. The van der Waals surface area contributed by atoms with Crippen molar-refractivity contribution in [3.05, 3.63) is 65.7 Å². The summed E-state index contributed by atoms with van der Waals surface area (Å²) in [6.45, 7) is 3.92. The molecule has 0 aliphatic carbocycles. The van der Waals surface area contributed by atoms with E-state index in [4.69, 9.17) is 9.51 Å². The van der Waals surface area contributed by atoms with Gasteiger partial charge in [-0.05, 0) is 50.6 Å². The van der Waals surface area contributed by atoms with Gasteiger partial charge in [0, 0.05) is 18.3 Å². The summed E-state index contributed by atoms with van der Waals surface area (Å²) in [6.07, 6.45) is 5.29. The molecule has 25 heavy (non-hydrogen) atoms. The molecule has 1 unspecified atom stereocenters. The fourth-order valence-electron chi connectivity index (χ4n) is 3.44. The van der Waals surface area contributed by atoms with E-state index in [0.717, 1.165) is 36.6 Å². The second kappa shape index (κ2) is 7.15. The van der Waals surface area contributed by atoms with Gasteiger partial charge in [0.25, 0.3) is 5.89 Å². The summed E-state index contributed by atoms with van der Waals surface area (Å²) < 4.78 is 5.55. The Morgan fingerprint density at radius 2 is 2.12 bits per heavy atom. The summed E-state index contributed by atoms with van der Waals surface area (Å²) in [4.78, 5) is 11.6. The van der Waals surface area contributed by atoms with Crippen molar-refractivity contribution < 1.29 is 4.52 Å². The van der Waals surface area contributed by atoms with Crippen molar-refractivity contribution in [2.24, 2.45) is 0 Å². The lowest BCUT2D eigenvalue weighted by molar-refractivity contribution is 0.129. The van der Waals surface area contributed by atoms with Gasteiger partial charge >= 0.3 is 0 Å². The minimum absolute atomic E-state index is 0.193. The molecule has 1 aromatic carbocycles. The van der Waals surface area contributed by atoms with E-state index in [-0.39, 0.29) is 6.04 Å². The van der Waals surface area contributed by atoms with Crippen LogP contribution in [0.5, 0.6) is 0 Å². The molecule has 0 amide bonds. The van der Waals surface area contributed by atoms with Gasteiger partial charge in [0.2, 0.25) is 0 Å². The van der Waals surface area contributed by atoms with Gasteiger partial charge in [-0.3, -0.25) is 9.88 Å². The molecule has 0 radical (unpaired) electrons. The Labute approximate surface area is 147 Å². The van der Waals surface area contributed by atoms with Crippen LogP contribution in [-0.2, 0) is 6.54 Å². The molecule has 4 rings (SSSR count). The predicted octanol–water partition coefficient (Wildman–Crippen LogP) is 4.17. The largest absolute Gasteiger partial charge is 0.334 e. The zero-order valence-electron chi connectivity index (χ0n) is 14.4. The zero-order valence-corrected chi connectivity index (χ0v) is 14.4. The van der Waals surface area contributed by atoms with Gasteiger partial charge in [0.1, 0.15) is 0 Å². The molecular formula is C20H22N4O. The SMILES string of the molecule is Cc1cccc(-c2nc(C3CCCCN3Cc3ccccn3)no2)c1. The first-order valence-electron chi connectivity index (χ1n) is 8.84. The maximum absolute atomic E-state index is 5.55. The molecule has 2 aromatic heterocycles. The second-order valence-corrected chi connectivity index (χ2v) is 6.63. The molecule has 128 valence electrons. The molecular weight excluding hydrogens is 312 g/mol. The number of piperidine rings is 1. The third-order valence-corrected chi connectivity index (χ3v) is 4.71. The van der Waals surface area contributed by atoms with E-state index >= 15 is 0 Å². The monoisotopic (exact) mass is 334 g/mol. The highest BCUT2D eigenvalue weighted by Gasteiger charge is 2.28. The van der Waals surface area contributed by atoms with Gasteiger partial charge in [0.05, 0.1) is 11.7 Å². The number of benzene rings is 1. The third kappa shape index (κ3) is 3.61. The molecule has 1 saturated heterocycles. The number of rotatable bonds is 4. The van der Waals surface area contributed by atoms with Gasteiger partial charge in [-0.15, -0.1) is 0 Å². The van der Waals surface area contributed by atoms with E-state index in [0.29, 0.717) is 5.89 Å². The van der Waals surface area contributed by atoms with Gasteiger partial charge in [0.15, 0.2) is 5.82 Å². The molecule has 1 atom stereocenters. The third-order valence-electron chi connectivity index (χ3n) is 4.71. The average Bonchev–Trinajstić information content (AvgIpc) is 3.13. The standard InChI is InChI=1S/C20H22N4O/c1-15-7-6-8-16(13-15)20-22-19(23-25-20)18-10-3-5-12-24(18)14-17-9-2-4-11-21-17/h2,4,6-9,11,13,18H,3,5,10,12,14H2,1H3. The quantitative estimate of drug-likeness (QED) is 0.717. The van der Waals surface area contributed by atoms with Crippen molar-refractivity contribution >= 4 is 0 Å². The minimum Gasteiger partial charge on any atom is -0.334 e. The summed E-state index contributed by atoms with van der Waals surface area (Å²) in [5.41, 5.74) is 3.24. The highest BCUT2D eigenvalue weighted by Crippen LogP contribution is 2.31. The maximum atomic E-state index is 5.55. The van der Waals surface area contributed by atoms with Crippen LogP contribution in [0, 0.1) is 6.92 Å². The van der Waals surface area contributed by atoms with E-state index in [2.05, 4.69) is 40.2 Å². The topological polar surface area (TPSA) is 55.1 Å². The summed E-state index contributed by atoms with van der Waals surface area (Å²) in [7, 11) is 0. The molecule has 1 fully saturated rings. The minimum atomic E-state index is 0.193. The van der Waals surface area contributed by atoms with E-state index in [1.165, 1.54) is 18.4 Å². The molecule has 1 aliphatic rings. The summed E-state index contributed by atoms with van der Waals surface area (Å²) >= 11 is 0. The fourth-order valence-corrected chi connectivity index (χ4v) is 3.44. The van der Waals surface area contributed by atoms with E-state index < -0.39 is 0 Å². The van der Waals surface area contributed by atoms with Crippen LogP contribution in [0.15, 0.2) is 53.2 Å². The van der Waals surface area contributed by atoms with Crippen molar-refractivity contribution in [2.45, 2.75) is 38.8 Å². The molecule has 5 nitrogen and oxygen atoms in total. The number of aryl methyl sites for hydroxylation is 1. The van der Waals surface area contributed by atoms with E-state index in [1.54, 1.807) is 0 Å². The lowest BCUT2D eigenvalue weighted by Crippen LogP contribution is -2.33. The summed E-state index contributed by atoms with van der Waals surface area (Å²) in [6, 6.07) is 14.4. The van der Waals surface area contributed by atoms with Crippen molar-refractivity contribution in [1.29, 1.82) is 0 Å². The van der Waals surface area contributed by atoms with Crippen LogP contribution in [0.25, 0.3) is 11.5 Å². The molecule has 5 heteroatoms. The van der Waals surface area contributed by atoms with Crippen LogP contribution in [0.4, 0.5) is 0 Å². The van der Waals surface area contributed by atoms with Crippen LogP contribution < -0.4 is 0 Å². The lowest BCUT2D eigenvalue weighted by atomic mass is 10.0. The first-order chi connectivity index (χ1) is 12.3. The molecule has 3 aromatic rings. The normalized spacial score (nSPS) is 18.4. The number of pyridine rings is 1. The Morgan fingerprint density at radius 3 is 2.96 bits per heavy atom. The number of nitrogens with zero attached hydrogens (tertiary/aromatic N) is 4. The van der Waals surface area contributed by atoms with Gasteiger partial charge < -0.3 is 4.52 Å². The van der Waals surface area contributed by atoms with Crippen LogP contribution in [0.2, 0.25) is 0 Å². The Hall–Kier alpha value is -2.53. The molecule has 0 saturated carbocycles. The van der Waals surface area contributed by atoms with Crippen LogP contribution in [0.1, 0.15) is 42.4 Å². The number of hydrogen-bond acceptors (Lipinski definition) is 5. The highest BCUT2D eigenvalue weighted by molar-refractivity contribution is 5.53. The van der Waals surface area contributed by atoms with E-state index in [1.807, 2.05) is 30.5 Å². The fraction of sp³-hybridized carbons (Fsp3) is 0.350. The molecule has 0 N–H and O–H groups in total. The number of aromatic nitrogens is 3. The maximum Gasteiger partial charge on any atom is 0.257 e. The van der Waals surface area contributed by atoms with Crippen molar-refractivity contribution in [3.63, 3.8) is 0 Å². The number of hydrogen-bond donors (Lipinski definition) is 0. The first kappa shape index (κ1) is 16.0. The first-order valence-corrected chi connectivity index (χ1v) is 8.84. The van der Waals surface area contributed by atoms with Gasteiger partial charge in [-0.1, -0.05) is 35.3 Å². The second-order valence-electron chi connectivity index (χ2n) is 6.63. The van der Waals surface area contributed by atoms with Crippen molar-refractivity contribution in [1.82, 2.24) is 20.0 Å². The Bertz CT molecular complexity index is 830. The van der Waals surface area contributed by atoms with Gasteiger partial charge in [-0.2, -0.15) is 4.98 Å². The lowest BCUT2D eigenvalue weighted by Gasteiger charge is -2.33.